The number of aromatic amines is 1. The zero-order valence-corrected chi connectivity index (χ0v) is 10.7. The molecule has 0 aliphatic carbocycles. The topological polar surface area (TPSA) is 92.4 Å². The molecule has 1 rings (SSSR count). The molecule has 8 heteroatoms. The average molecular weight is 261 g/mol. The zero-order valence-electron chi connectivity index (χ0n) is 9.93. The minimum atomic E-state index is -3.70. The van der Waals surface area contributed by atoms with E-state index < -0.39 is 16.0 Å². The van der Waals surface area contributed by atoms with E-state index in [-0.39, 0.29) is 18.0 Å². The standard InChI is InChI=1S/C9H15N3O4S/c1-4-12(6-9(13)16-3)17(14,15)8-5-10-11-7(8)2/h5H,4,6H2,1-3H3,(H,10,11). The number of ether oxygens (including phenoxy) is 1. The smallest absolute Gasteiger partial charge is 0.321 e. The maximum atomic E-state index is 12.2. The quantitative estimate of drug-likeness (QED) is 0.747. The largest absolute Gasteiger partial charge is 0.468 e. The number of nitrogens with zero attached hydrogens (tertiary/aromatic N) is 2. The molecule has 0 bridgehead atoms. The predicted molar refractivity (Wildman–Crippen MR) is 59.8 cm³/mol. The molecule has 7 nitrogen and oxygen atoms in total. The fourth-order valence-corrected chi connectivity index (χ4v) is 2.83. The lowest BCUT2D eigenvalue weighted by molar-refractivity contribution is -0.140. The Morgan fingerprint density at radius 1 is 1.59 bits per heavy atom. The SMILES string of the molecule is CCN(CC(=O)OC)S(=O)(=O)c1cn[nH]c1C. The molecule has 96 valence electrons. The highest BCUT2D eigenvalue weighted by Crippen LogP contribution is 2.17. The molecular weight excluding hydrogens is 246 g/mol. The average Bonchev–Trinajstić information content (AvgIpc) is 2.72. The van der Waals surface area contributed by atoms with Gasteiger partial charge in [-0.3, -0.25) is 9.89 Å². The number of rotatable bonds is 5. The van der Waals surface area contributed by atoms with Gasteiger partial charge in [-0.15, -0.1) is 0 Å². The number of H-pyrrole nitrogens is 1. The molecule has 0 fully saturated rings. The summed E-state index contributed by atoms with van der Waals surface area (Å²) in [5.41, 5.74) is 0.438. The van der Waals surface area contributed by atoms with E-state index in [0.717, 1.165) is 4.31 Å². The highest BCUT2D eigenvalue weighted by Gasteiger charge is 2.28. The molecule has 0 aliphatic rings. The first-order valence-corrected chi connectivity index (χ1v) is 6.44. The summed E-state index contributed by atoms with van der Waals surface area (Å²) in [6, 6.07) is 0. The van der Waals surface area contributed by atoms with E-state index in [4.69, 9.17) is 0 Å². The third kappa shape index (κ3) is 2.83. The van der Waals surface area contributed by atoms with Crippen LogP contribution in [0, 0.1) is 6.92 Å². The number of hydrogen-bond acceptors (Lipinski definition) is 5. The van der Waals surface area contributed by atoms with E-state index in [0.29, 0.717) is 5.69 Å². The molecule has 0 unspecified atom stereocenters. The fraction of sp³-hybridized carbons (Fsp3) is 0.556. The lowest BCUT2D eigenvalue weighted by Crippen LogP contribution is -2.36. The third-order valence-electron chi connectivity index (χ3n) is 2.29. The zero-order chi connectivity index (χ0) is 13.1. The highest BCUT2D eigenvalue weighted by atomic mass is 32.2. The van der Waals surface area contributed by atoms with Crippen molar-refractivity contribution in [1.29, 1.82) is 0 Å². The summed E-state index contributed by atoms with van der Waals surface area (Å²) >= 11 is 0. The van der Waals surface area contributed by atoms with Gasteiger partial charge in [-0.05, 0) is 6.92 Å². The number of nitrogens with one attached hydrogen (secondary N) is 1. The second-order valence-electron chi connectivity index (χ2n) is 3.37. The molecule has 0 spiro atoms. The van der Waals surface area contributed by atoms with Crippen LogP contribution in [0.2, 0.25) is 0 Å². The van der Waals surface area contributed by atoms with Crippen LogP contribution in [-0.2, 0) is 19.6 Å². The number of sulfonamides is 1. The van der Waals surface area contributed by atoms with Crippen LogP contribution >= 0.6 is 0 Å². The molecule has 0 radical (unpaired) electrons. The first-order chi connectivity index (χ1) is 7.93. The van der Waals surface area contributed by atoms with Crippen LogP contribution in [-0.4, -0.2) is 49.1 Å². The Morgan fingerprint density at radius 3 is 2.65 bits per heavy atom. The molecule has 0 amide bonds. The summed E-state index contributed by atoms with van der Waals surface area (Å²) in [7, 11) is -2.49. The summed E-state index contributed by atoms with van der Waals surface area (Å²) in [6.07, 6.45) is 1.23. The number of carbonyl (C=O) groups excluding carboxylic acids is 1. The summed E-state index contributed by atoms with van der Waals surface area (Å²) in [5, 5.41) is 6.21. The minimum absolute atomic E-state index is 0.0725. The van der Waals surface area contributed by atoms with Crippen molar-refractivity contribution in [3.8, 4) is 0 Å². The predicted octanol–water partition coefficient (Wildman–Crippen LogP) is -0.0983. The van der Waals surface area contributed by atoms with E-state index in [9.17, 15) is 13.2 Å². The Morgan fingerprint density at radius 2 is 2.24 bits per heavy atom. The van der Waals surface area contributed by atoms with Crippen LogP contribution in [0.25, 0.3) is 0 Å². The van der Waals surface area contributed by atoms with Crippen molar-refractivity contribution in [3.63, 3.8) is 0 Å². The van der Waals surface area contributed by atoms with Crippen LogP contribution in [0.3, 0.4) is 0 Å². The summed E-state index contributed by atoms with van der Waals surface area (Å²) < 4.78 is 29.8. The van der Waals surface area contributed by atoms with Crippen molar-refractivity contribution >= 4 is 16.0 Å². The van der Waals surface area contributed by atoms with Gasteiger partial charge >= 0.3 is 5.97 Å². The van der Waals surface area contributed by atoms with E-state index in [1.54, 1.807) is 13.8 Å². The van der Waals surface area contributed by atoms with Crippen LogP contribution in [0.4, 0.5) is 0 Å². The molecule has 1 N–H and O–H groups in total. The Bertz CT molecular complexity index is 494. The lowest BCUT2D eigenvalue weighted by atomic mass is 10.5. The number of aryl methyl sites for hydroxylation is 1. The first kappa shape index (κ1) is 13.7. The lowest BCUT2D eigenvalue weighted by Gasteiger charge is -2.18. The van der Waals surface area contributed by atoms with Gasteiger partial charge in [0.15, 0.2) is 0 Å². The molecular formula is C9H15N3O4S. The van der Waals surface area contributed by atoms with E-state index in [1.165, 1.54) is 13.3 Å². The molecule has 1 aromatic heterocycles. The number of carbonyl (C=O) groups is 1. The summed E-state index contributed by atoms with van der Waals surface area (Å²) in [6.45, 7) is 3.13. The van der Waals surface area contributed by atoms with Gasteiger partial charge in [-0.25, -0.2) is 8.42 Å². The Balaban J connectivity index is 3.03. The maximum absolute atomic E-state index is 12.2. The van der Waals surface area contributed by atoms with Gasteiger partial charge < -0.3 is 4.74 Å². The van der Waals surface area contributed by atoms with Crippen LogP contribution < -0.4 is 0 Å². The minimum Gasteiger partial charge on any atom is -0.468 e. The third-order valence-corrected chi connectivity index (χ3v) is 4.32. The van der Waals surface area contributed by atoms with Crippen molar-refractivity contribution in [2.75, 3.05) is 20.2 Å². The van der Waals surface area contributed by atoms with E-state index in [1.807, 2.05) is 0 Å². The van der Waals surface area contributed by atoms with Crippen molar-refractivity contribution in [1.82, 2.24) is 14.5 Å². The van der Waals surface area contributed by atoms with Gasteiger partial charge in [0.25, 0.3) is 0 Å². The monoisotopic (exact) mass is 261 g/mol. The molecule has 1 aromatic rings. The van der Waals surface area contributed by atoms with E-state index >= 15 is 0 Å². The van der Waals surface area contributed by atoms with Crippen molar-refractivity contribution in [2.24, 2.45) is 0 Å². The van der Waals surface area contributed by atoms with Gasteiger partial charge in [-0.1, -0.05) is 6.92 Å². The number of likely N-dealkylation sites (N-methyl/N-ethyl adjacent to an activating group) is 1. The van der Waals surface area contributed by atoms with Gasteiger partial charge in [0, 0.05) is 6.54 Å². The van der Waals surface area contributed by atoms with Crippen molar-refractivity contribution in [3.05, 3.63) is 11.9 Å². The van der Waals surface area contributed by atoms with Crippen LogP contribution in [0.5, 0.6) is 0 Å². The highest BCUT2D eigenvalue weighted by molar-refractivity contribution is 7.89. The van der Waals surface area contributed by atoms with Gasteiger partial charge in [0.05, 0.1) is 19.0 Å². The van der Waals surface area contributed by atoms with Gasteiger partial charge in [-0.2, -0.15) is 9.40 Å². The maximum Gasteiger partial charge on any atom is 0.321 e. The molecule has 0 aliphatic heterocycles. The second-order valence-corrected chi connectivity index (χ2v) is 5.27. The van der Waals surface area contributed by atoms with Crippen LogP contribution in [0.15, 0.2) is 11.1 Å². The first-order valence-electron chi connectivity index (χ1n) is 5.00. The molecule has 0 atom stereocenters. The number of aromatic nitrogens is 2. The Kier molecular flexibility index (Phi) is 4.24. The van der Waals surface area contributed by atoms with Gasteiger partial charge in [0.2, 0.25) is 10.0 Å². The van der Waals surface area contributed by atoms with Gasteiger partial charge in [0.1, 0.15) is 11.4 Å². The second kappa shape index (κ2) is 5.28. The van der Waals surface area contributed by atoms with Crippen LogP contribution in [0.1, 0.15) is 12.6 Å². The molecule has 0 aromatic carbocycles. The molecule has 0 saturated heterocycles. The molecule has 1 heterocycles. The Labute approximate surface area is 99.8 Å². The van der Waals surface area contributed by atoms with E-state index in [2.05, 4.69) is 14.9 Å². The summed E-state index contributed by atoms with van der Waals surface area (Å²) in [5.74, 6) is -0.600. The van der Waals surface area contributed by atoms with Crippen molar-refractivity contribution < 1.29 is 17.9 Å². The Hall–Kier alpha value is -1.41. The summed E-state index contributed by atoms with van der Waals surface area (Å²) in [4.78, 5) is 11.2. The number of methoxy groups -OCH3 is 1. The van der Waals surface area contributed by atoms with Crippen molar-refractivity contribution in [2.45, 2.75) is 18.7 Å². The normalized spacial score (nSPS) is 11.8. The number of esters is 1. The number of hydrogen-bond donors (Lipinski definition) is 1. The fourth-order valence-electron chi connectivity index (χ4n) is 1.31. The molecule has 0 saturated carbocycles. The molecule has 17 heavy (non-hydrogen) atoms.